The van der Waals surface area contributed by atoms with Crippen LogP contribution in [0, 0.1) is 12.1 Å². The van der Waals surface area contributed by atoms with Crippen molar-refractivity contribution >= 4 is 46.3 Å². The number of aromatic nitrogens is 3. The van der Waals surface area contributed by atoms with Crippen LogP contribution in [0.3, 0.4) is 0 Å². The summed E-state index contributed by atoms with van der Waals surface area (Å²) in [6, 6.07) is 56.5. The predicted molar refractivity (Wildman–Crippen MR) is 259 cm³/mol. The molecule has 6 aromatic carbocycles. The minimum absolute atomic E-state index is 0. The molecule has 4 aromatic heterocycles. The summed E-state index contributed by atoms with van der Waals surface area (Å²) >= 11 is 0. The van der Waals surface area contributed by atoms with Gasteiger partial charge in [-0.1, -0.05) is 149 Å². The number of oxazole rings is 1. The van der Waals surface area contributed by atoms with Crippen LogP contribution in [0.25, 0.3) is 89.3 Å². The normalized spacial score (nSPS) is 11.6. The number of hydrogen-bond donors (Lipinski definition) is 0. The summed E-state index contributed by atoms with van der Waals surface area (Å²) in [5, 5.41) is 3.46. The maximum atomic E-state index is 6.29. The van der Waals surface area contributed by atoms with E-state index < -0.39 is 8.07 Å². The van der Waals surface area contributed by atoms with Gasteiger partial charge in [0.15, 0.2) is 5.58 Å². The van der Waals surface area contributed by atoms with E-state index in [1.807, 2.05) is 91.3 Å². The third-order valence-electron chi connectivity index (χ3n) is 11.5. The summed E-state index contributed by atoms with van der Waals surface area (Å²) in [6.07, 6.45) is 3.93. The summed E-state index contributed by atoms with van der Waals surface area (Å²) < 4.78 is 12.4. The molecule has 1 radical (unpaired) electrons. The zero-order valence-corrected chi connectivity index (χ0v) is 40.1. The van der Waals surface area contributed by atoms with Crippen molar-refractivity contribution in [3.05, 3.63) is 181 Å². The Kier molecular flexibility index (Phi) is 12.6. The first-order valence-electron chi connectivity index (χ1n) is 21.4. The van der Waals surface area contributed by atoms with Crippen LogP contribution in [-0.2, 0) is 20.1 Å². The topological polar surface area (TPSA) is 65.0 Å². The van der Waals surface area contributed by atoms with Gasteiger partial charge in [-0.15, -0.1) is 53.6 Å². The van der Waals surface area contributed by atoms with Crippen molar-refractivity contribution in [2.24, 2.45) is 0 Å². The molecule has 0 aliphatic carbocycles. The number of hydrogen-bond acceptors (Lipinski definition) is 5. The van der Waals surface area contributed by atoms with Gasteiger partial charge in [-0.3, -0.25) is 0 Å². The van der Waals surface area contributed by atoms with Crippen molar-refractivity contribution in [2.75, 3.05) is 0 Å². The molecule has 10 aromatic rings. The van der Waals surface area contributed by atoms with Gasteiger partial charge in [-0.05, 0) is 80.2 Å². The van der Waals surface area contributed by atoms with E-state index in [9.17, 15) is 0 Å². The van der Waals surface area contributed by atoms with Gasteiger partial charge < -0.3 is 18.8 Å². The third-order valence-corrected chi connectivity index (χ3v) is 13.5. The Hall–Kier alpha value is -6.24. The molecule has 4 heterocycles. The predicted octanol–water partition coefficient (Wildman–Crippen LogP) is 14.9. The van der Waals surface area contributed by atoms with Crippen LogP contribution in [0.2, 0.25) is 19.6 Å². The molecule has 63 heavy (non-hydrogen) atoms. The Balaban J connectivity index is 0.000000201. The Morgan fingerprint density at radius 2 is 1.16 bits per heavy atom. The van der Waals surface area contributed by atoms with Crippen LogP contribution in [0.1, 0.15) is 50.7 Å². The molecular formula is C56H49IrN3O2Si-2. The van der Waals surface area contributed by atoms with Crippen LogP contribution in [0.15, 0.2) is 167 Å². The van der Waals surface area contributed by atoms with Crippen LogP contribution in [-0.4, -0.2) is 23.0 Å². The smallest absolute Gasteiger partial charge is 0.227 e. The number of rotatable bonds is 8. The fraction of sp³-hybridized carbons (Fsp3) is 0.161. The van der Waals surface area contributed by atoms with E-state index in [1.165, 1.54) is 27.4 Å². The Morgan fingerprint density at radius 1 is 0.524 bits per heavy atom. The Labute approximate surface area is 384 Å². The number of nitrogens with zero attached hydrogens (tertiary/aromatic N) is 3. The fourth-order valence-corrected chi connectivity index (χ4v) is 9.18. The van der Waals surface area contributed by atoms with E-state index in [0.29, 0.717) is 17.7 Å². The summed E-state index contributed by atoms with van der Waals surface area (Å²) in [5.41, 5.74) is 15.3. The van der Waals surface area contributed by atoms with Crippen molar-refractivity contribution in [1.29, 1.82) is 0 Å². The number of benzene rings is 6. The van der Waals surface area contributed by atoms with Crippen LogP contribution in [0.4, 0.5) is 0 Å². The third kappa shape index (κ3) is 9.14. The molecule has 0 N–H and O–H groups in total. The zero-order chi connectivity index (χ0) is 43.0. The summed E-state index contributed by atoms with van der Waals surface area (Å²) in [4.78, 5) is 14.1. The SMILES string of the molecule is CC(C)c1cccc(C(C)C)c1-c1ccc(-c2[c-]cc3c(c2)oc2cc4nc(-c5ccccc5)oc4cc23)nc1.C[Si](C)(C)c1ccc(-c2ccc(-c3[c-]cccc3)nc2)cc1.[Ir]. The van der Waals surface area contributed by atoms with E-state index in [4.69, 9.17) is 18.8 Å². The monoisotopic (exact) mass is 1020 g/mol. The standard InChI is InChI=1S/C36H29N2O2.C20H20NSi.Ir/c1-21(2)26-11-8-12-27(22(3)4)35(26)25-14-16-30(37-20-25)24-13-15-28-29-18-34-31(19-33(29)39-32(28)17-24)38-36(40-34)23-9-6-5-7-10-23;1-22(2,3)19-12-9-16(10-13-19)18-11-14-20(21-15-18)17-7-5-4-6-8-17;/h5-12,14-22H,1-4H3;4-7,9-15H,1-3H3;/q2*-1;. The average molecular weight is 1020 g/mol. The molecule has 0 fully saturated rings. The van der Waals surface area contributed by atoms with Gasteiger partial charge in [0.05, 0.1) is 13.7 Å². The summed E-state index contributed by atoms with van der Waals surface area (Å²) in [6.45, 7) is 16.1. The number of furan rings is 1. The van der Waals surface area contributed by atoms with Crippen molar-refractivity contribution in [2.45, 2.75) is 59.2 Å². The van der Waals surface area contributed by atoms with Gasteiger partial charge in [0.2, 0.25) is 5.89 Å². The molecule has 10 rings (SSSR count). The van der Waals surface area contributed by atoms with Crippen molar-refractivity contribution in [3.8, 4) is 56.2 Å². The largest absolute Gasteiger partial charge is 0.476 e. The molecule has 0 saturated carbocycles. The molecule has 0 bridgehead atoms. The Bertz CT molecular complexity index is 3110. The maximum Gasteiger partial charge on any atom is 0.227 e. The van der Waals surface area contributed by atoms with E-state index in [1.54, 1.807) is 0 Å². The molecule has 0 aliphatic heterocycles. The quantitative estimate of drug-likeness (QED) is 0.112. The number of fused-ring (bicyclic) bond motifs is 4. The maximum absolute atomic E-state index is 6.29. The second kappa shape index (κ2) is 18.2. The molecule has 0 atom stereocenters. The van der Waals surface area contributed by atoms with E-state index in [-0.39, 0.29) is 20.1 Å². The summed E-state index contributed by atoms with van der Waals surface area (Å²) in [7, 11) is -1.23. The van der Waals surface area contributed by atoms with Gasteiger partial charge in [0, 0.05) is 44.1 Å². The Morgan fingerprint density at radius 3 is 1.78 bits per heavy atom. The minimum atomic E-state index is -1.23. The first-order chi connectivity index (χ1) is 30.0. The average Bonchev–Trinajstić information content (AvgIpc) is 3.88. The molecule has 0 aliphatic rings. The molecule has 0 unspecified atom stereocenters. The van der Waals surface area contributed by atoms with Crippen molar-refractivity contribution < 1.29 is 28.9 Å². The van der Waals surface area contributed by atoms with E-state index in [0.717, 1.165) is 72.2 Å². The zero-order valence-electron chi connectivity index (χ0n) is 36.7. The summed E-state index contributed by atoms with van der Waals surface area (Å²) in [5.74, 6) is 1.46. The van der Waals surface area contributed by atoms with Crippen LogP contribution < -0.4 is 5.19 Å². The van der Waals surface area contributed by atoms with Gasteiger partial charge >= 0.3 is 0 Å². The van der Waals surface area contributed by atoms with Gasteiger partial charge in [0.25, 0.3) is 0 Å². The van der Waals surface area contributed by atoms with Gasteiger partial charge in [-0.2, -0.15) is 0 Å². The second-order valence-corrected chi connectivity index (χ2v) is 22.6. The van der Waals surface area contributed by atoms with Gasteiger partial charge in [-0.25, -0.2) is 4.98 Å². The van der Waals surface area contributed by atoms with Crippen molar-refractivity contribution in [3.63, 3.8) is 0 Å². The van der Waals surface area contributed by atoms with Gasteiger partial charge in [0.1, 0.15) is 11.1 Å². The molecular weight excluding hydrogens is 967 g/mol. The van der Waals surface area contributed by atoms with Crippen molar-refractivity contribution in [1.82, 2.24) is 15.0 Å². The number of pyridine rings is 2. The fourth-order valence-electron chi connectivity index (χ4n) is 8.01. The first-order valence-corrected chi connectivity index (χ1v) is 24.9. The first kappa shape index (κ1) is 43.4. The molecule has 5 nitrogen and oxygen atoms in total. The molecule has 315 valence electrons. The van der Waals surface area contributed by atoms with E-state index >= 15 is 0 Å². The van der Waals surface area contributed by atoms with Crippen LogP contribution >= 0.6 is 0 Å². The minimum Gasteiger partial charge on any atom is -0.476 e. The molecule has 0 amide bonds. The molecule has 7 heteroatoms. The van der Waals surface area contributed by atoms with E-state index in [2.05, 4.69) is 131 Å². The second-order valence-electron chi connectivity index (χ2n) is 17.5. The molecule has 0 spiro atoms. The van der Waals surface area contributed by atoms with Crippen LogP contribution in [0.5, 0.6) is 0 Å². The molecule has 0 saturated heterocycles.